The summed E-state index contributed by atoms with van der Waals surface area (Å²) in [4.78, 5) is 22.7. The van der Waals surface area contributed by atoms with Crippen LogP contribution in [0.2, 0.25) is 0 Å². The third-order valence-corrected chi connectivity index (χ3v) is 9.58. The number of hydrogen-bond donors (Lipinski definition) is 3. The third-order valence-electron chi connectivity index (χ3n) is 9.58. The van der Waals surface area contributed by atoms with Crippen LogP contribution in [-0.2, 0) is 0 Å². The van der Waals surface area contributed by atoms with Crippen LogP contribution < -0.4 is 16.4 Å². The highest BCUT2D eigenvalue weighted by atomic mass is 19.1. The number of carbonyl (C=O) groups excluding carboxylic acids is 1. The molecule has 0 bridgehead atoms. The van der Waals surface area contributed by atoms with Crippen LogP contribution in [0.4, 0.5) is 10.2 Å². The molecule has 2 aromatic rings. The topological polar surface area (TPSA) is 104 Å². The van der Waals surface area contributed by atoms with Gasteiger partial charge < -0.3 is 21.3 Å². The molecule has 4 N–H and O–H groups in total. The van der Waals surface area contributed by atoms with E-state index in [1.165, 1.54) is 87.8 Å². The highest BCUT2D eigenvalue weighted by Gasteiger charge is 2.43. The third kappa shape index (κ3) is 6.94. The summed E-state index contributed by atoms with van der Waals surface area (Å²) in [6.45, 7) is 3.98. The van der Waals surface area contributed by atoms with Crippen LogP contribution in [0.25, 0.3) is 5.65 Å². The fourth-order valence-electron chi connectivity index (χ4n) is 7.47. The molecule has 2 aromatic heterocycles. The van der Waals surface area contributed by atoms with Crippen molar-refractivity contribution in [2.24, 2.45) is 5.92 Å². The second-order valence-electron chi connectivity index (χ2n) is 12.9. The van der Waals surface area contributed by atoms with Crippen molar-refractivity contribution in [3.8, 4) is 0 Å². The molecule has 1 aliphatic carbocycles. The van der Waals surface area contributed by atoms with E-state index in [-0.39, 0.29) is 40.6 Å². The van der Waals surface area contributed by atoms with Crippen molar-refractivity contribution in [3.63, 3.8) is 0 Å². The van der Waals surface area contributed by atoms with Crippen LogP contribution in [0.15, 0.2) is 12.4 Å². The normalized spacial score (nSPS) is 25.7. The van der Waals surface area contributed by atoms with E-state index in [9.17, 15) is 9.18 Å². The van der Waals surface area contributed by atoms with Crippen LogP contribution in [0.3, 0.4) is 0 Å². The van der Waals surface area contributed by atoms with Gasteiger partial charge in [0.15, 0.2) is 17.3 Å². The first-order valence-corrected chi connectivity index (χ1v) is 15.6. The summed E-state index contributed by atoms with van der Waals surface area (Å²) >= 11 is 0. The number of aromatic nitrogens is 3. The number of hydrogen-bond acceptors (Lipinski definition) is 7. The predicted octanol–water partition coefficient (Wildman–Crippen LogP) is 3.84. The van der Waals surface area contributed by atoms with Gasteiger partial charge in [-0.1, -0.05) is 51.4 Å². The van der Waals surface area contributed by atoms with Crippen molar-refractivity contribution in [2.45, 2.75) is 101 Å². The first-order chi connectivity index (χ1) is 19.3. The molecule has 3 aliphatic rings. The second kappa shape index (κ2) is 13.1. The molecule has 0 aromatic carbocycles. The molecule has 2 atom stereocenters. The number of nitrogens with one attached hydrogen (secondary N) is 2. The van der Waals surface area contributed by atoms with Gasteiger partial charge in [-0.25, -0.2) is 13.9 Å². The largest absolute Gasteiger partial charge is 0.381 e. The Morgan fingerprint density at radius 1 is 1.12 bits per heavy atom. The lowest BCUT2D eigenvalue weighted by atomic mass is 9.75. The number of halogens is 1. The Bertz CT molecular complexity index is 1120. The molecule has 1 amide bonds. The number of carbonyl (C=O) groups is 1. The van der Waals surface area contributed by atoms with Gasteiger partial charge in [-0.3, -0.25) is 9.69 Å². The van der Waals surface area contributed by atoms with Gasteiger partial charge in [0, 0.05) is 24.7 Å². The predicted molar refractivity (Wildman–Crippen MR) is 157 cm³/mol. The lowest BCUT2D eigenvalue weighted by molar-refractivity contribution is 0.0380. The molecule has 2 unspecified atom stereocenters. The minimum atomic E-state index is -0.525. The van der Waals surface area contributed by atoms with Crippen molar-refractivity contribution in [3.05, 3.63) is 23.8 Å². The van der Waals surface area contributed by atoms with E-state index in [0.717, 1.165) is 44.7 Å². The highest BCUT2D eigenvalue weighted by molar-refractivity contribution is 6.04. The molecular weight excluding hydrogens is 507 g/mol. The summed E-state index contributed by atoms with van der Waals surface area (Å²) in [7, 11) is 4.32. The molecule has 1 spiro atoms. The summed E-state index contributed by atoms with van der Waals surface area (Å²) in [5.41, 5.74) is 6.76. The van der Waals surface area contributed by atoms with Gasteiger partial charge in [0.05, 0.1) is 18.4 Å². The van der Waals surface area contributed by atoms with Gasteiger partial charge in [0.25, 0.3) is 5.91 Å². The zero-order valence-corrected chi connectivity index (χ0v) is 24.5. The maximum absolute atomic E-state index is 13.7. The average molecular weight is 557 g/mol. The monoisotopic (exact) mass is 556 g/mol. The van der Waals surface area contributed by atoms with Crippen molar-refractivity contribution < 1.29 is 9.18 Å². The van der Waals surface area contributed by atoms with Gasteiger partial charge in [0.1, 0.15) is 5.56 Å². The quantitative estimate of drug-likeness (QED) is 0.514. The van der Waals surface area contributed by atoms with Crippen LogP contribution in [0.1, 0.15) is 93.8 Å². The minimum Gasteiger partial charge on any atom is -0.381 e. The first kappa shape index (κ1) is 29.2. The molecule has 10 heteroatoms. The minimum absolute atomic E-state index is 0.0588. The number of piperidine rings is 2. The molecule has 9 nitrogen and oxygen atoms in total. The zero-order chi connectivity index (χ0) is 28.1. The average Bonchev–Trinajstić information content (AvgIpc) is 3.23. The number of nitrogen functional groups attached to an aromatic ring is 1. The number of likely N-dealkylation sites (tertiary alicyclic amines) is 1. The summed E-state index contributed by atoms with van der Waals surface area (Å²) in [5.74, 6) is -0.0233. The summed E-state index contributed by atoms with van der Waals surface area (Å²) in [6, 6.07) is 0.195. The zero-order valence-electron chi connectivity index (χ0n) is 24.5. The SMILES string of the molecule is CN(C)CC1CCN(C2CC3(CCCCCCCCCC3)NCC2NC(=O)c2c(N)nn3cc(F)cnc23)CC1. The van der Waals surface area contributed by atoms with E-state index in [2.05, 4.69) is 44.6 Å². The molecule has 2 saturated heterocycles. The number of anilines is 1. The van der Waals surface area contributed by atoms with Gasteiger partial charge in [-0.2, -0.15) is 0 Å². The maximum atomic E-state index is 13.7. The molecule has 1 saturated carbocycles. The van der Waals surface area contributed by atoms with E-state index in [1.54, 1.807) is 0 Å². The number of fused-ring (bicyclic) bond motifs is 1. The van der Waals surface area contributed by atoms with E-state index in [0.29, 0.717) is 0 Å². The molecule has 0 radical (unpaired) electrons. The van der Waals surface area contributed by atoms with Crippen molar-refractivity contribution in [2.75, 3.05) is 46.0 Å². The van der Waals surface area contributed by atoms with Crippen molar-refractivity contribution in [1.82, 2.24) is 35.0 Å². The lowest BCUT2D eigenvalue weighted by Crippen LogP contribution is -2.67. The smallest absolute Gasteiger partial charge is 0.259 e. The Labute approximate surface area is 238 Å². The standard InChI is InChI=1S/C30H49FN8O/c1-37(2)20-22-11-15-38(16-12-22)25-17-30(13-9-7-5-3-4-6-8-10-14-30)34-19-24(25)35-29(40)26-27(32)36-39-21-23(31)18-33-28(26)39/h18,21-22,24-25,34H,3-17,19-20H2,1-2H3,(H2,32,36)(H,35,40). The van der Waals surface area contributed by atoms with Crippen LogP contribution >= 0.6 is 0 Å². The summed E-state index contributed by atoms with van der Waals surface area (Å²) < 4.78 is 15.0. The maximum Gasteiger partial charge on any atom is 0.259 e. The Morgan fingerprint density at radius 2 is 1.77 bits per heavy atom. The first-order valence-electron chi connectivity index (χ1n) is 15.6. The van der Waals surface area contributed by atoms with Crippen molar-refractivity contribution >= 4 is 17.4 Å². The number of nitrogens with two attached hydrogens (primary N) is 1. The summed E-state index contributed by atoms with van der Waals surface area (Å²) in [5, 5.41) is 11.4. The number of amides is 1. The van der Waals surface area contributed by atoms with Crippen LogP contribution in [0, 0.1) is 11.7 Å². The second-order valence-corrected chi connectivity index (χ2v) is 12.9. The van der Waals surface area contributed by atoms with E-state index in [1.807, 2.05) is 0 Å². The van der Waals surface area contributed by atoms with Crippen LogP contribution in [-0.4, -0.2) is 88.2 Å². The molecule has 2 aliphatic heterocycles. The molecule has 3 fully saturated rings. The van der Waals surface area contributed by atoms with Gasteiger partial charge in [-0.05, 0) is 65.2 Å². The molecule has 4 heterocycles. The molecule has 40 heavy (non-hydrogen) atoms. The Morgan fingerprint density at radius 3 is 2.42 bits per heavy atom. The molecule has 222 valence electrons. The Hall–Kier alpha value is -2.30. The van der Waals surface area contributed by atoms with Crippen molar-refractivity contribution in [1.29, 1.82) is 0 Å². The van der Waals surface area contributed by atoms with E-state index in [4.69, 9.17) is 5.73 Å². The lowest BCUT2D eigenvalue weighted by Gasteiger charge is -2.51. The fourth-order valence-corrected chi connectivity index (χ4v) is 7.47. The Balaban J connectivity index is 1.35. The summed E-state index contributed by atoms with van der Waals surface area (Å²) in [6.07, 6.45) is 18.7. The highest BCUT2D eigenvalue weighted by Crippen LogP contribution is 2.35. The fraction of sp³-hybridized carbons (Fsp3) is 0.767. The van der Waals surface area contributed by atoms with Gasteiger partial charge in [0.2, 0.25) is 0 Å². The molecule has 5 rings (SSSR count). The van der Waals surface area contributed by atoms with E-state index >= 15 is 0 Å². The molecular formula is C30H49FN8O. The Kier molecular flexibility index (Phi) is 9.58. The van der Waals surface area contributed by atoms with Gasteiger partial charge >= 0.3 is 0 Å². The number of rotatable bonds is 5. The van der Waals surface area contributed by atoms with Gasteiger partial charge in [-0.15, -0.1) is 5.10 Å². The van der Waals surface area contributed by atoms with E-state index < -0.39 is 5.82 Å². The van der Waals surface area contributed by atoms with Crippen LogP contribution in [0.5, 0.6) is 0 Å². The number of nitrogens with zero attached hydrogens (tertiary/aromatic N) is 5.